The minimum absolute atomic E-state index is 0.217. The molecule has 9 heteroatoms. The lowest BCUT2D eigenvalue weighted by Gasteiger charge is -1.99. The van der Waals surface area contributed by atoms with Gasteiger partial charge in [-0.3, -0.25) is 9.78 Å². The van der Waals surface area contributed by atoms with Crippen molar-refractivity contribution in [1.82, 2.24) is 24.6 Å². The number of fused-ring (bicyclic) bond motifs is 1. The maximum absolute atomic E-state index is 12.8. The number of aromatic amines is 2. The summed E-state index contributed by atoms with van der Waals surface area (Å²) < 4.78 is 14.4. The highest BCUT2D eigenvalue weighted by Crippen LogP contribution is 2.40. The highest BCUT2D eigenvalue weighted by molar-refractivity contribution is 6.30. The highest BCUT2D eigenvalue weighted by Gasteiger charge is 2.23. The molecule has 7 nitrogen and oxygen atoms in total. The van der Waals surface area contributed by atoms with Crippen molar-refractivity contribution < 1.29 is 4.39 Å². The standard InChI is InChI=1S/C10H7N5O2.C9H8ClF/c16-9-6(5-12-10(17)13-9)7-1-2-8-11-3-4-15(8)14-7;10-8-4-3-7(5-9(8)11)6-1-2-6/h1-5H,(H2,12,13,16,17);3-6H,1-2H2. The Balaban J connectivity index is 0.000000151. The summed E-state index contributed by atoms with van der Waals surface area (Å²) in [5.74, 6) is 0.304. The van der Waals surface area contributed by atoms with Gasteiger partial charge in [0.2, 0.25) is 0 Å². The van der Waals surface area contributed by atoms with Gasteiger partial charge in [-0.15, -0.1) is 0 Å². The number of imidazole rings is 1. The number of nitrogens with zero attached hydrogens (tertiary/aromatic N) is 3. The number of benzene rings is 1. The van der Waals surface area contributed by atoms with Crippen molar-refractivity contribution in [3.05, 3.63) is 86.2 Å². The van der Waals surface area contributed by atoms with E-state index in [2.05, 4.69) is 20.1 Å². The van der Waals surface area contributed by atoms with Crippen LogP contribution in [-0.4, -0.2) is 24.6 Å². The maximum Gasteiger partial charge on any atom is 0.325 e. The molecule has 1 aliphatic carbocycles. The Morgan fingerprint density at radius 2 is 2.00 bits per heavy atom. The number of H-pyrrole nitrogens is 2. The van der Waals surface area contributed by atoms with E-state index >= 15 is 0 Å². The van der Waals surface area contributed by atoms with Gasteiger partial charge in [0, 0.05) is 18.6 Å². The first-order valence-electron chi connectivity index (χ1n) is 8.59. The van der Waals surface area contributed by atoms with Crippen LogP contribution >= 0.6 is 11.6 Å². The van der Waals surface area contributed by atoms with Crippen molar-refractivity contribution in [3.8, 4) is 11.3 Å². The van der Waals surface area contributed by atoms with E-state index < -0.39 is 11.2 Å². The van der Waals surface area contributed by atoms with Crippen molar-refractivity contribution in [1.29, 1.82) is 0 Å². The molecular formula is C19H15ClFN5O2. The smallest absolute Gasteiger partial charge is 0.313 e. The Hall–Kier alpha value is -3.26. The topological polar surface area (TPSA) is 95.9 Å². The number of hydrogen-bond donors (Lipinski definition) is 2. The van der Waals surface area contributed by atoms with Crippen LogP contribution in [0.5, 0.6) is 0 Å². The summed E-state index contributed by atoms with van der Waals surface area (Å²) >= 11 is 5.53. The number of aromatic nitrogens is 5. The molecular weight excluding hydrogens is 385 g/mol. The SMILES string of the molecule is Fc1cc(C2CC2)ccc1Cl.O=c1[nH]cc(-c2ccc3nccn3n2)c(=O)[nH]1. The fourth-order valence-corrected chi connectivity index (χ4v) is 2.86. The van der Waals surface area contributed by atoms with E-state index in [0.717, 1.165) is 5.56 Å². The lowest BCUT2D eigenvalue weighted by Crippen LogP contribution is -2.22. The molecule has 1 saturated carbocycles. The van der Waals surface area contributed by atoms with Crippen LogP contribution in [0, 0.1) is 5.82 Å². The minimum Gasteiger partial charge on any atom is -0.313 e. The normalized spacial score (nSPS) is 13.2. The Morgan fingerprint density at radius 3 is 2.71 bits per heavy atom. The second-order valence-corrected chi connectivity index (χ2v) is 6.79. The summed E-state index contributed by atoms with van der Waals surface area (Å²) in [6.45, 7) is 0. The quantitative estimate of drug-likeness (QED) is 0.541. The fourth-order valence-electron chi connectivity index (χ4n) is 2.74. The lowest BCUT2D eigenvalue weighted by molar-refractivity contribution is 0.626. The Labute approximate surface area is 162 Å². The van der Waals surface area contributed by atoms with Gasteiger partial charge >= 0.3 is 5.69 Å². The zero-order chi connectivity index (χ0) is 19.7. The van der Waals surface area contributed by atoms with Gasteiger partial charge in [0.15, 0.2) is 5.65 Å². The molecule has 4 aromatic rings. The van der Waals surface area contributed by atoms with E-state index in [1.165, 1.54) is 19.0 Å². The second-order valence-electron chi connectivity index (χ2n) is 6.38. The monoisotopic (exact) mass is 399 g/mol. The van der Waals surface area contributed by atoms with Gasteiger partial charge in [-0.05, 0) is 48.6 Å². The van der Waals surface area contributed by atoms with E-state index in [1.54, 1.807) is 41.2 Å². The number of nitrogens with one attached hydrogen (secondary N) is 2. The summed E-state index contributed by atoms with van der Waals surface area (Å²) in [6, 6.07) is 8.49. The molecule has 0 atom stereocenters. The van der Waals surface area contributed by atoms with E-state index in [1.807, 2.05) is 6.07 Å². The lowest BCUT2D eigenvalue weighted by atomic mass is 10.1. The predicted octanol–water partition coefficient (Wildman–Crippen LogP) is 3.13. The molecule has 0 bridgehead atoms. The van der Waals surface area contributed by atoms with Crippen molar-refractivity contribution in [2.45, 2.75) is 18.8 Å². The van der Waals surface area contributed by atoms with Crippen LogP contribution in [0.15, 0.2) is 58.5 Å². The average Bonchev–Trinajstić information content (AvgIpc) is 3.42. The van der Waals surface area contributed by atoms with Crippen LogP contribution in [0.4, 0.5) is 4.39 Å². The van der Waals surface area contributed by atoms with Gasteiger partial charge in [0.25, 0.3) is 5.56 Å². The zero-order valence-electron chi connectivity index (χ0n) is 14.5. The molecule has 0 radical (unpaired) electrons. The molecule has 0 aliphatic heterocycles. The molecule has 0 amide bonds. The van der Waals surface area contributed by atoms with Crippen LogP contribution in [-0.2, 0) is 0 Å². The third-order valence-corrected chi connectivity index (χ3v) is 4.65. The first kappa shape index (κ1) is 18.1. The molecule has 28 heavy (non-hydrogen) atoms. The number of hydrogen-bond acceptors (Lipinski definition) is 4. The summed E-state index contributed by atoms with van der Waals surface area (Å²) in [6.07, 6.45) is 7.02. The molecule has 2 N–H and O–H groups in total. The van der Waals surface area contributed by atoms with Gasteiger partial charge < -0.3 is 4.98 Å². The van der Waals surface area contributed by atoms with E-state index in [9.17, 15) is 14.0 Å². The van der Waals surface area contributed by atoms with Crippen molar-refractivity contribution >= 4 is 17.2 Å². The van der Waals surface area contributed by atoms with E-state index in [0.29, 0.717) is 22.8 Å². The molecule has 3 aromatic heterocycles. The first-order chi connectivity index (χ1) is 13.5. The van der Waals surface area contributed by atoms with Crippen molar-refractivity contribution in [3.63, 3.8) is 0 Å². The third kappa shape index (κ3) is 3.86. The number of halogens is 2. The minimum atomic E-state index is -0.539. The predicted molar refractivity (Wildman–Crippen MR) is 103 cm³/mol. The van der Waals surface area contributed by atoms with E-state index in [-0.39, 0.29) is 10.8 Å². The summed E-state index contributed by atoms with van der Waals surface area (Å²) in [5.41, 5.74) is 1.54. The largest absolute Gasteiger partial charge is 0.325 e. The molecule has 1 aliphatic rings. The van der Waals surface area contributed by atoms with Gasteiger partial charge in [0.1, 0.15) is 5.82 Å². The van der Waals surface area contributed by atoms with Gasteiger partial charge in [-0.2, -0.15) is 5.10 Å². The fraction of sp³-hybridized carbons (Fsp3) is 0.158. The Morgan fingerprint density at radius 1 is 1.18 bits per heavy atom. The van der Waals surface area contributed by atoms with Crippen LogP contribution in [0.2, 0.25) is 5.02 Å². The Kier molecular flexibility index (Phi) is 4.79. The second kappa shape index (κ2) is 7.40. The molecule has 0 unspecified atom stereocenters. The zero-order valence-corrected chi connectivity index (χ0v) is 15.3. The molecule has 142 valence electrons. The average molecular weight is 400 g/mol. The van der Waals surface area contributed by atoms with Gasteiger partial charge in [-0.25, -0.2) is 18.7 Å². The summed E-state index contributed by atoms with van der Waals surface area (Å²) in [5, 5.41) is 4.43. The highest BCUT2D eigenvalue weighted by atomic mass is 35.5. The summed E-state index contributed by atoms with van der Waals surface area (Å²) in [7, 11) is 0. The molecule has 1 aromatic carbocycles. The first-order valence-corrected chi connectivity index (χ1v) is 8.97. The van der Waals surface area contributed by atoms with Crippen LogP contribution in [0.25, 0.3) is 16.9 Å². The molecule has 3 heterocycles. The maximum atomic E-state index is 12.8. The third-order valence-electron chi connectivity index (χ3n) is 4.34. The number of rotatable bonds is 2. The van der Waals surface area contributed by atoms with Crippen molar-refractivity contribution in [2.75, 3.05) is 0 Å². The van der Waals surface area contributed by atoms with Gasteiger partial charge in [-0.1, -0.05) is 17.7 Å². The Bertz CT molecular complexity index is 1260. The van der Waals surface area contributed by atoms with Crippen molar-refractivity contribution in [2.24, 2.45) is 0 Å². The van der Waals surface area contributed by atoms with E-state index in [4.69, 9.17) is 11.6 Å². The molecule has 5 rings (SSSR count). The summed E-state index contributed by atoms with van der Waals surface area (Å²) in [4.78, 5) is 31.1. The molecule has 0 spiro atoms. The van der Waals surface area contributed by atoms with Gasteiger partial charge in [0.05, 0.1) is 16.3 Å². The van der Waals surface area contributed by atoms with Crippen LogP contribution in [0.1, 0.15) is 24.3 Å². The molecule has 0 saturated heterocycles. The van der Waals surface area contributed by atoms with Crippen LogP contribution < -0.4 is 11.2 Å². The van der Waals surface area contributed by atoms with Crippen LogP contribution in [0.3, 0.4) is 0 Å². The molecule has 1 fully saturated rings.